The third-order valence-electron chi connectivity index (χ3n) is 4.29. The van der Waals surface area contributed by atoms with E-state index < -0.39 is 36.2 Å². The van der Waals surface area contributed by atoms with Crippen LogP contribution < -0.4 is 15.2 Å². The molecule has 0 bridgehead atoms. The van der Waals surface area contributed by atoms with Crippen molar-refractivity contribution in [2.45, 2.75) is 78.6 Å². The average molecular weight is 437 g/mol. The minimum Gasteiger partial charge on any atom is -0.459 e. The number of ether oxygens (including phenoxy) is 4. The lowest BCUT2D eigenvalue weighted by Gasteiger charge is -2.22. The predicted molar refractivity (Wildman–Crippen MR) is 111 cm³/mol. The molecule has 9 nitrogen and oxygen atoms in total. The summed E-state index contributed by atoms with van der Waals surface area (Å²) in [6, 6.07) is 3.51. The van der Waals surface area contributed by atoms with Crippen LogP contribution in [0.4, 0.5) is 0 Å². The van der Waals surface area contributed by atoms with E-state index in [9.17, 15) is 19.2 Å². The highest BCUT2D eigenvalue weighted by atomic mass is 16.6. The van der Waals surface area contributed by atoms with E-state index in [-0.39, 0.29) is 23.9 Å². The molecule has 0 saturated carbocycles. The largest absolute Gasteiger partial charge is 0.459 e. The molecule has 0 heterocycles. The maximum Gasteiger partial charge on any atom is 0.323 e. The van der Waals surface area contributed by atoms with Crippen LogP contribution in [0.2, 0.25) is 0 Å². The molecule has 0 radical (unpaired) electrons. The average Bonchev–Trinajstić information content (AvgIpc) is 2.67. The second kappa shape index (κ2) is 12.7. The van der Waals surface area contributed by atoms with Crippen LogP contribution in [0.15, 0.2) is 18.2 Å². The predicted octanol–water partition coefficient (Wildman–Crippen LogP) is 2.46. The Morgan fingerprint density at radius 3 is 2.10 bits per heavy atom. The maximum atomic E-state index is 12.4. The van der Waals surface area contributed by atoms with E-state index >= 15 is 0 Å². The van der Waals surface area contributed by atoms with Crippen LogP contribution in [0.5, 0.6) is 11.5 Å². The third kappa shape index (κ3) is 9.61. The number of hydrogen-bond acceptors (Lipinski definition) is 9. The summed E-state index contributed by atoms with van der Waals surface area (Å²) in [6.07, 6.45) is 0.728. The first-order valence-electron chi connectivity index (χ1n) is 10.2. The summed E-state index contributed by atoms with van der Waals surface area (Å²) in [6.45, 7) is 7.68. The Morgan fingerprint density at radius 1 is 0.935 bits per heavy atom. The number of benzene rings is 1. The Hall–Kier alpha value is -2.94. The summed E-state index contributed by atoms with van der Waals surface area (Å²) in [4.78, 5) is 46.6. The highest BCUT2D eigenvalue weighted by Crippen LogP contribution is 2.29. The van der Waals surface area contributed by atoms with Gasteiger partial charge in [-0.15, -0.1) is 0 Å². The molecule has 0 spiro atoms. The Balaban J connectivity index is 2.73. The van der Waals surface area contributed by atoms with E-state index in [2.05, 4.69) is 0 Å². The first-order valence-corrected chi connectivity index (χ1v) is 10.2. The Labute approximate surface area is 182 Å². The summed E-state index contributed by atoms with van der Waals surface area (Å²) in [7, 11) is 0. The molecule has 1 aromatic carbocycles. The molecule has 0 aliphatic carbocycles. The molecule has 3 atom stereocenters. The number of hydrogen-bond donors (Lipinski definition) is 1. The van der Waals surface area contributed by atoms with Crippen molar-refractivity contribution in [3.8, 4) is 11.5 Å². The van der Waals surface area contributed by atoms with Crippen LogP contribution in [0.3, 0.4) is 0 Å². The molecule has 9 heteroatoms. The first-order chi connectivity index (χ1) is 14.5. The van der Waals surface area contributed by atoms with Crippen molar-refractivity contribution in [3.05, 3.63) is 23.8 Å². The molecule has 1 rings (SSSR count). The Kier molecular flexibility index (Phi) is 10.7. The van der Waals surface area contributed by atoms with Gasteiger partial charge in [0.1, 0.15) is 18.2 Å². The second-order valence-corrected chi connectivity index (χ2v) is 7.22. The second-order valence-electron chi connectivity index (χ2n) is 7.22. The molecule has 172 valence electrons. The van der Waals surface area contributed by atoms with Gasteiger partial charge in [-0.05, 0) is 44.4 Å². The number of unbranched alkanes of at least 4 members (excludes halogenated alkanes) is 1. The molecule has 0 aliphatic heterocycles. The van der Waals surface area contributed by atoms with Gasteiger partial charge in [-0.3, -0.25) is 19.2 Å². The van der Waals surface area contributed by atoms with Gasteiger partial charge < -0.3 is 24.7 Å². The van der Waals surface area contributed by atoms with Gasteiger partial charge in [-0.2, -0.15) is 0 Å². The zero-order chi connectivity index (χ0) is 23.6. The molecule has 31 heavy (non-hydrogen) atoms. The van der Waals surface area contributed by atoms with Gasteiger partial charge in [-0.25, -0.2) is 0 Å². The van der Waals surface area contributed by atoms with E-state index in [0.717, 1.165) is 12.8 Å². The van der Waals surface area contributed by atoms with Crippen molar-refractivity contribution in [1.29, 1.82) is 0 Å². The number of rotatable bonds is 11. The topological polar surface area (TPSA) is 131 Å². The molecule has 0 aliphatic rings. The van der Waals surface area contributed by atoms with Crippen LogP contribution in [-0.4, -0.2) is 42.1 Å². The van der Waals surface area contributed by atoms with Crippen molar-refractivity contribution < 1.29 is 38.1 Å². The lowest BCUT2D eigenvalue weighted by Crippen LogP contribution is -2.39. The molecule has 0 amide bonds. The molecule has 1 aromatic rings. The molecular formula is C22H31NO8. The Morgan fingerprint density at radius 2 is 1.52 bits per heavy atom. The Bertz CT molecular complexity index is 792. The third-order valence-corrected chi connectivity index (χ3v) is 4.29. The fourth-order valence-electron chi connectivity index (χ4n) is 2.54. The number of carbonyl (C=O) groups is 4. The molecule has 0 aromatic heterocycles. The van der Waals surface area contributed by atoms with Crippen molar-refractivity contribution in [2.75, 3.05) is 0 Å². The van der Waals surface area contributed by atoms with Crippen molar-refractivity contribution >= 4 is 23.9 Å². The van der Waals surface area contributed by atoms with Crippen molar-refractivity contribution in [2.24, 2.45) is 5.73 Å². The van der Waals surface area contributed by atoms with E-state index in [0.29, 0.717) is 12.0 Å². The molecule has 0 fully saturated rings. The number of carbonyl (C=O) groups excluding carboxylic acids is 4. The number of nitrogens with two attached hydrogens (primary N) is 1. The highest BCUT2D eigenvalue weighted by molar-refractivity contribution is 5.77. The molecule has 2 N–H and O–H groups in total. The monoisotopic (exact) mass is 437 g/mol. The van der Waals surface area contributed by atoms with E-state index in [4.69, 9.17) is 24.7 Å². The normalized spacial score (nSPS) is 13.5. The minimum absolute atomic E-state index is 0.0433. The van der Waals surface area contributed by atoms with Gasteiger partial charge in [0.25, 0.3) is 0 Å². The van der Waals surface area contributed by atoms with Gasteiger partial charge in [0, 0.05) is 20.3 Å². The van der Waals surface area contributed by atoms with Gasteiger partial charge in [0.2, 0.25) is 0 Å². The van der Waals surface area contributed by atoms with E-state index in [1.807, 2.05) is 6.92 Å². The van der Waals surface area contributed by atoms with Crippen LogP contribution in [0, 0.1) is 0 Å². The van der Waals surface area contributed by atoms with Crippen molar-refractivity contribution in [1.82, 2.24) is 0 Å². The highest BCUT2D eigenvalue weighted by Gasteiger charge is 2.24. The smallest absolute Gasteiger partial charge is 0.323 e. The molecular weight excluding hydrogens is 406 g/mol. The van der Waals surface area contributed by atoms with Gasteiger partial charge in [0.05, 0.1) is 0 Å². The summed E-state index contributed by atoms with van der Waals surface area (Å²) in [5.41, 5.74) is 6.53. The summed E-state index contributed by atoms with van der Waals surface area (Å²) in [5.74, 6) is -2.04. The lowest BCUT2D eigenvalue weighted by atomic mass is 10.1. The maximum absolute atomic E-state index is 12.4. The van der Waals surface area contributed by atoms with E-state index in [1.165, 1.54) is 26.0 Å². The van der Waals surface area contributed by atoms with Crippen molar-refractivity contribution in [3.63, 3.8) is 0 Å². The fourth-order valence-corrected chi connectivity index (χ4v) is 2.54. The first kappa shape index (κ1) is 26.1. The summed E-state index contributed by atoms with van der Waals surface area (Å²) >= 11 is 0. The minimum atomic E-state index is -1.00. The van der Waals surface area contributed by atoms with Crippen LogP contribution in [0.1, 0.15) is 59.4 Å². The van der Waals surface area contributed by atoms with Crippen LogP contribution in [-0.2, 0) is 35.1 Å². The standard InChI is InChI=1S/C22H31NO8/c1-6-7-8-21(26)28-13(2)14(3)29-22(27)18(23)11-17-9-10-19(30-15(4)24)20(12-17)31-16(5)25/h9-10,12-14,18H,6-8,11,23H2,1-5H3/t13-,14-,18-/m0/s1. The summed E-state index contributed by atoms with van der Waals surface area (Å²) < 4.78 is 20.7. The fraction of sp³-hybridized carbons (Fsp3) is 0.545. The molecule has 0 saturated heterocycles. The van der Waals surface area contributed by atoms with Crippen LogP contribution in [0.25, 0.3) is 0 Å². The quantitative estimate of drug-likeness (QED) is 0.409. The van der Waals surface area contributed by atoms with Gasteiger partial charge in [0.15, 0.2) is 11.5 Å². The molecule has 0 unspecified atom stereocenters. The van der Waals surface area contributed by atoms with Gasteiger partial charge in [-0.1, -0.05) is 19.4 Å². The van der Waals surface area contributed by atoms with E-state index in [1.54, 1.807) is 19.9 Å². The van der Waals surface area contributed by atoms with Crippen LogP contribution >= 0.6 is 0 Å². The number of esters is 4. The van der Waals surface area contributed by atoms with Gasteiger partial charge >= 0.3 is 23.9 Å². The summed E-state index contributed by atoms with van der Waals surface area (Å²) in [5, 5.41) is 0. The lowest BCUT2D eigenvalue weighted by molar-refractivity contribution is -0.166. The zero-order valence-electron chi connectivity index (χ0n) is 18.6. The zero-order valence-corrected chi connectivity index (χ0v) is 18.6. The SMILES string of the molecule is CCCCC(=O)O[C@@H](C)[C@H](C)OC(=O)[C@@H](N)Cc1ccc(OC(C)=O)c(OC(C)=O)c1.